The van der Waals surface area contributed by atoms with E-state index in [1.807, 2.05) is 0 Å². The first kappa shape index (κ1) is 21.3. The van der Waals surface area contributed by atoms with Gasteiger partial charge in [0.25, 0.3) is 0 Å². The van der Waals surface area contributed by atoms with Crippen molar-refractivity contribution < 1.29 is 27.8 Å². The van der Waals surface area contributed by atoms with E-state index in [-0.39, 0.29) is 17.1 Å². The van der Waals surface area contributed by atoms with E-state index in [1.165, 1.54) is 36.8 Å². The average molecular weight is 388 g/mol. The predicted molar refractivity (Wildman–Crippen MR) is 101 cm³/mol. The Hall–Kier alpha value is -3.02. The van der Waals surface area contributed by atoms with Gasteiger partial charge in [-0.05, 0) is 49.2 Å². The summed E-state index contributed by atoms with van der Waals surface area (Å²) in [6.07, 6.45) is 8.51. The number of esters is 2. The Bertz CT molecular complexity index is 829. The summed E-state index contributed by atoms with van der Waals surface area (Å²) in [6, 6.07) is 8.55. The van der Waals surface area contributed by atoms with Gasteiger partial charge >= 0.3 is 11.9 Å². The lowest BCUT2D eigenvalue weighted by atomic mass is 10.1. The van der Waals surface area contributed by atoms with Gasteiger partial charge in [-0.15, -0.1) is 0 Å². The highest BCUT2D eigenvalue weighted by Gasteiger charge is 2.11. The molecular formula is C22H22F2O4. The lowest BCUT2D eigenvalue weighted by molar-refractivity contribution is -0.129. The molecule has 0 aromatic heterocycles. The molecule has 2 aromatic carbocycles. The van der Waals surface area contributed by atoms with Gasteiger partial charge in [0.15, 0.2) is 11.6 Å². The predicted octanol–water partition coefficient (Wildman–Crippen LogP) is 5.62. The maximum absolute atomic E-state index is 13.2. The van der Waals surface area contributed by atoms with Gasteiger partial charge in [0, 0.05) is 12.1 Å². The molecule has 0 unspecified atom stereocenters. The standard InChI is InChI=1S/C22H22F2O4/c1-2-3-4-5-6-7-8-21(25)27-17-11-9-16(10-12-17)22(26)28-18-13-14-19(23)20(24)15-18/h7-15H,2-6H2,1H3/b8-7+. The fourth-order valence-electron chi connectivity index (χ4n) is 2.38. The summed E-state index contributed by atoms with van der Waals surface area (Å²) < 4.78 is 36.2. The van der Waals surface area contributed by atoms with Crippen molar-refractivity contribution in [3.05, 3.63) is 71.8 Å². The molecule has 0 aliphatic heterocycles. The maximum atomic E-state index is 13.2. The first-order chi connectivity index (χ1) is 13.5. The van der Waals surface area contributed by atoms with Gasteiger partial charge in [-0.25, -0.2) is 18.4 Å². The third-order valence-electron chi connectivity index (χ3n) is 3.89. The van der Waals surface area contributed by atoms with E-state index in [2.05, 4.69) is 6.92 Å². The van der Waals surface area contributed by atoms with Gasteiger partial charge in [0.05, 0.1) is 5.56 Å². The zero-order valence-electron chi connectivity index (χ0n) is 15.6. The Kier molecular flexibility index (Phi) is 8.34. The topological polar surface area (TPSA) is 52.6 Å². The molecule has 0 spiro atoms. The lowest BCUT2D eigenvalue weighted by Crippen LogP contribution is -2.09. The number of hydrogen-bond acceptors (Lipinski definition) is 4. The monoisotopic (exact) mass is 388 g/mol. The molecule has 0 amide bonds. The maximum Gasteiger partial charge on any atom is 0.343 e. The van der Waals surface area contributed by atoms with E-state index >= 15 is 0 Å². The molecule has 6 heteroatoms. The number of rotatable bonds is 9. The highest BCUT2D eigenvalue weighted by Crippen LogP contribution is 2.18. The molecular weight excluding hydrogens is 366 g/mol. The summed E-state index contributed by atoms with van der Waals surface area (Å²) in [5.74, 6) is -3.19. The Balaban J connectivity index is 1.84. The van der Waals surface area contributed by atoms with Crippen LogP contribution in [0.3, 0.4) is 0 Å². The molecule has 0 aliphatic rings. The number of allylic oxidation sites excluding steroid dienone is 1. The van der Waals surface area contributed by atoms with Crippen LogP contribution in [0.15, 0.2) is 54.6 Å². The summed E-state index contributed by atoms with van der Waals surface area (Å²) in [5.41, 5.74) is 0.177. The SMILES string of the molecule is CCCCCC/C=C/C(=O)Oc1ccc(C(=O)Oc2ccc(F)c(F)c2)cc1. The molecule has 28 heavy (non-hydrogen) atoms. The Morgan fingerprint density at radius 2 is 1.61 bits per heavy atom. The van der Waals surface area contributed by atoms with Crippen molar-refractivity contribution >= 4 is 11.9 Å². The van der Waals surface area contributed by atoms with Crippen molar-refractivity contribution in [3.63, 3.8) is 0 Å². The smallest absolute Gasteiger partial charge is 0.343 e. The minimum atomic E-state index is -1.11. The molecule has 2 aromatic rings. The number of unbranched alkanes of at least 4 members (excludes halogenated alkanes) is 4. The molecule has 0 aliphatic carbocycles. The van der Waals surface area contributed by atoms with Crippen LogP contribution < -0.4 is 9.47 Å². The Morgan fingerprint density at radius 3 is 2.29 bits per heavy atom. The van der Waals surface area contributed by atoms with Crippen LogP contribution in [-0.2, 0) is 4.79 Å². The van der Waals surface area contributed by atoms with Crippen molar-refractivity contribution in [3.8, 4) is 11.5 Å². The number of carbonyl (C=O) groups is 2. The summed E-state index contributed by atoms with van der Waals surface area (Å²) in [7, 11) is 0. The van der Waals surface area contributed by atoms with Crippen molar-refractivity contribution in [1.82, 2.24) is 0 Å². The van der Waals surface area contributed by atoms with E-state index in [9.17, 15) is 18.4 Å². The van der Waals surface area contributed by atoms with Crippen LogP contribution in [0.2, 0.25) is 0 Å². The first-order valence-electron chi connectivity index (χ1n) is 9.15. The number of carbonyl (C=O) groups excluding carboxylic acids is 2. The number of hydrogen-bond donors (Lipinski definition) is 0. The van der Waals surface area contributed by atoms with E-state index in [0.29, 0.717) is 0 Å². The van der Waals surface area contributed by atoms with Gasteiger partial charge in [0.1, 0.15) is 11.5 Å². The number of ether oxygens (including phenoxy) is 2. The van der Waals surface area contributed by atoms with Gasteiger partial charge in [-0.2, -0.15) is 0 Å². The van der Waals surface area contributed by atoms with Gasteiger partial charge in [-0.3, -0.25) is 0 Å². The van der Waals surface area contributed by atoms with E-state index in [1.54, 1.807) is 6.08 Å². The van der Waals surface area contributed by atoms with Crippen LogP contribution in [0.1, 0.15) is 49.4 Å². The van der Waals surface area contributed by atoms with E-state index < -0.39 is 23.6 Å². The third kappa shape index (κ3) is 6.95. The minimum Gasteiger partial charge on any atom is -0.423 e. The summed E-state index contributed by atoms with van der Waals surface area (Å²) in [6.45, 7) is 2.14. The molecule has 0 bridgehead atoms. The minimum absolute atomic E-state index is 0.108. The molecule has 0 heterocycles. The fraction of sp³-hybridized carbons (Fsp3) is 0.273. The third-order valence-corrected chi connectivity index (χ3v) is 3.89. The second-order valence-electron chi connectivity index (χ2n) is 6.16. The normalized spacial score (nSPS) is 10.8. The highest BCUT2D eigenvalue weighted by atomic mass is 19.2. The first-order valence-corrected chi connectivity index (χ1v) is 9.15. The van der Waals surface area contributed by atoms with Crippen LogP contribution in [0.25, 0.3) is 0 Å². The largest absolute Gasteiger partial charge is 0.423 e. The van der Waals surface area contributed by atoms with Gasteiger partial charge < -0.3 is 9.47 Å². The molecule has 0 N–H and O–H groups in total. The van der Waals surface area contributed by atoms with Crippen LogP contribution >= 0.6 is 0 Å². The molecule has 0 saturated carbocycles. The van der Waals surface area contributed by atoms with Crippen molar-refractivity contribution in [2.45, 2.75) is 39.0 Å². The number of halogens is 2. The molecule has 0 saturated heterocycles. The molecule has 0 atom stereocenters. The van der Waals surface area contributed by atoms with Crippen LogP contribution in [0.4, 0.5) is 8.78 Å². The second-order valence-corrected chi connectivity index (χ2v) is 6.16. The molecule has 4 nitrogen and oxygen atoms in total. The van der Waals surface area contributed by atoms with Crippen molar-refractivity contribution in [1.29, 1.82) is 0 Å². The zero-order valence-corrected chi connectivity index (χ0v) is 15.6. The average Bonchev–Trinajstić information content (AvgIpc) is 2.68. The fourth-order valence-corrected chi connectivity index (χ4v) is 2.38. The highest BCUT2D eigenvalue weighted by molar-refractivity contribution is 5.91. The van der Waals surface area contributed by atoms with Crippen LogP contribution in [-0.4, -0.2) is 11.9 Å². The summed E-state index contributed by atoms with van der Waals surface area (Å²) >= 11 is 0. The van der Waals surface area contributed by atoms with Gasteiger partial charge in [0.2, 0.25) is 0 Å². The van der Waals surface area contributed by atoms with Crippen LogP contribution in [0.5, 0.6) is 11.5 Å². The summed E-state index contributed by atoms with van der Waals surface area (Å²) in [5, 5.41) is 0. The molecule has 0 fully saturated rings. The van der Waals surface area contributed by atoms with E-state index in [0.717, 1.165) is 43.9 Å². The number of benzene rings is 2. The zero-order chi connectivity index (χ0) is 20.4. The Morgan fingerprint density at radius 1 is 0.893 bits per heavy atom. The second kappa shape index (κ2) is 11.0. The quantitative estimate of drug-likeness (QED) is 0.242. The lowest BCUT2D eigenvalue weighted by Gasteiger charge is -2.06. The summed E-state index contributed by atoms with van der Waals surface area (Å²) in [4.78, 5) is 23.8. The van der Waals surface area contributed by atoms with Gasteiger partial charge in [-0.1, -0.05) is 32.3 Å². The van der Waals surface area contributed by atoms with Crippen molar-refractivity contribution in [2.24, 2.45) is 0 Å². The van der Waals surface area contributed by atoms with Crippen LogP contribution in [0, 0.1) is 11.6 Å². The molecule has 0 radical (unpaired) electrons. The molecule has 2 rings (SSSR count). The Labute approximate surface area is 162 Å². The molecule has 148 valence electrons. The van der Waals surface area contributed by atoms with E-state index in [4.69, 9.17) is 9.47 Å². The van der Waals surface area contributed by atoms with Crippen molar-refractivity contribution in [2.75, 3.05) is 0 Å².